The molecule has 0 atom stereocenters. The number of halogens is 1. The first-order valence-corrected chi connectivity index (χ1v) is 4.92. The minimum atomic E-state index is -0.414. The van der Waals surface area contributed by atoms with E-state index in [1.165, 1.54) is 25.3 Å². The Morgan fingerprint density at radius 2 is 2.06 bits per heavy atom. The summed E-state index contributed by atoms with van der Waals surface area (Å²) in [6, 6.07) is 7.33. The van der Waals surface area contributed by atoms with Crippen LogP contribution in [0.15, 0.2) is 36.5 Å². The molecule has 0 radical (unpaired) electrons. The van der Waals surface area contributed by atoms with Gasteiger partial charge in [-0.25, -0.2) is 9.37 Å². The van der Waals surface area contributed by atoms with E-state index < -0.39 is 5.82 Å². The number of hydrogen-bond acceptors (Lipinski definition) is 4. The van der Waals surface area contributed by atoms with Crippen molar-refractivity contribution in [2.75, 3.05) is 12.8 Å². The Kier molecular flexibility index (Phi) is 3.09. The minimum absolute atomic E-state index is 0.206. The van der Waals surface area contributed by atoms with Crippen molar-refractivity contribution < 1.29 is 13.9 Å². The summed E-state index contributed by atoms with van der Waals surface area (Å²) in [4.78, 5) is 4.01. The second-order valence-electron chi connectivity index (χ2n) is 3.30. The number of anilines is 1. The molecule has 1 heterocycles. The Labute approximate surface area is 97.8 Å². The van der Waals surface area contributed by atoms with Gasteiger partial charge in [-0.1, -0.05) is 0 Å². The SMILES string of the molecule is COc1cccnc1Oc1ccc(F)cc1N. The largest absolute Gasteiger partial charge is 0.491 e. The van der Waals surface area contributed by atoms with E-state index in [2.05, 4.69) is 4.98 Å². The minimum Gasteiger partial charge on any atom is -0.491 e. The van der Waals surface area contributed by atoms with E-state index in [0.29, 0.717) is 11.5 Å². The van der Waals surface area contributed by atoms with Gasteiger partial charge in [0.25, 0.3) is 5.88 Å². The Morgan fingerprint density at radius 1 is 1.24 bits per heavy atom. The van der Waals surface area contributed by atoms with Gasteiger partial charge in [0.05, 0.1) is 12.8 Å². The molecule has 0 aliphatic carbocycles. The molecule has 0 spiro atoms. The number of ether oxygens (including phenoxy) is 2. The number of aromatic nitrogens is 1. The smallest absolute Gasteiger partial charge is 0.262 e. The summed E-state index contributed by atoms with van der Waals surface area (Å²) in [5.74, 6) is 0.691. The average molecular weight is 234 g/mol. The second kappa shape index (κ2) is 4.69. The molecule has 17 heavy (non-hydrogen) atoms. The second-order valence-corrected chi connectivity index (χ2v) is 3.30. The van der Waals surface area contributed by atoms with Crippen LogP contribution in [0.25, 0.3) is 0 Å². The van der Waals surface area contributed by atoms with Crippen molar-refractivity contribution in [2.45, 2.75) is 0 Å². The Morgan fingerprint density at radius 3 is 2.76 bits per heavy atom. The number of nitrogens with zero attached hydrogens (tertiary/aromatic N) is 1. The van der Waals surface area contributed by atoms with Crippen LogP contribution in [0.5, 0.6) is 17.4 Å². The van der Waals surface area contributed by atoms with E-state index in [0.717, 1.165) is 0 Å². The lowest BCUT2D eigenvalue weighted by atomic mass is 10.3. The van der Waals surface area contributed by atoms with Crippen LogP contribution < -0.4 is 15.2 Å². The van der Waals surface area contributed by atoms with Crippen LogP contribution in [0.4, 0.5) is 10.1 Å². The molecule has 0 fully saturated rings. The van der Waals surface area contributed by atoms with Gasteiger partial charge in [0.1, 0.15) is 5.82 Å². The molecule has 0 bridgehead atoms. The number of hydrogen-bond donors (Lipinski definition) is 1. The van der Waals surface area contributed by atoms with Gasteiger partial charge >= 0.3 is 0 Å². The summed E-state index contributed by atoms with van der Waals surface area (Å²) < 4.78 is 23.4. The summed E-state index contributed by atoms with van der Waals surface area (Å²) in [6.07, 6.45) is 1.57. The third-order valence-corrected chi connectivity index (χ3v) is 2.13. The first-order valence-electron chi connectivity index (χ1n) is 4.92. The molecule has 2 rings (SSSR count). The molecular weight excluding hydrogens is 223 g/mol. The average Bonchev–Trinajstić information content (AvgIpc) is 2.33. The predicted octanol–water partition coefficient (Wildman–Crippen LogP) is 2.60. The van der Waals surface area contributed by atoms with Crippen LogP contribution in [-0.4, -0.2) is 12.1 Å². The molecule has 0 unspecified atom stereocenters. The molecule has 2 N–H and O–H groups in total. The van der Waals surface area contributed by atoms with Crippen LogP contribution in [0, 0.1) is 5.82 Å². The van der Waals surface area contributed by atoms with Gasteiger partial charge in [-0.15, -0.1) is 0 Å². The quantitative estimate of drug-likeness (QED) is 0.829. The van der Waals surface area contributed by atoms with E-state index >= 15 is 0 Å². The van der Waals surface area contributed by atoms with Crippen LogP contribution in [0.3, 0.4) is 0 Å². The molecule has 1 aromatic heterocycles. The van der Waals surface area contributed by atoms with Crippen molar-refractivity contribution in [3.05, 3.63) is 42.3 Å². The fourth-order valence-electron chi connectivity index (χ4n) is 1.32. The molecular formula is C12H11FN2O2. The zero-order valence-corrected chi connectivity index (χ0v) is 9.18. The third-order valence-electron chi connectivity index (χ3n) is 2.13. The van der Waals surface area contributed by atoms with Crippen molar-refractivity contribution in [1.82, 2.24) is 4.98 Å². The Balaban J connectivity index is 2.31. The van der Waals surface area contributed by atoms with Gasteiger partial charge in [-0.3, -0.25) is 0 Å². The van der Waals surface area contributed by atoms with Crippen LogP contribution in [0.2, 0.25) is 0 Å². The number of methoxy groups -OCH3 is 1. The van der Waals surface area contributed by atoms with Gasteiger partial charge < -0.3 is 15.2 Å². The Bertz CT molecular complexity index is 532. The summed E-state index contributed by atoms with van der Waals surface area (Å²) in [5, 5.41) is 0. The summed E-state index contributed by atoms with van der Waals surface area (Å²) >= 11 is 0. The maximum atomic E-state index is 12.9. The summed E-state index contributed by atoms with van der Waals surface area (Å²) in [6.45, 7) is 0. The van der Waals surface area contributed by atoms with E-state index in [9.17, 15) is 4.39 Å². The number of benzene rings is 1. The first-order chi connectivity index (χ1) is 8.20. The van der Waals surface area contributed by atoms with Crippen LogP contribution in [-0.2, 0) is 0 Å². The zero-order chi connectivity index (χ0) is 12.3. The zero-order valence-electron chi connectivity index (χ0n) is 9.18. The van der Waals surface area contributed by atoms with Crippen molar-refractivity contribution in [2.24, 2.45) is 0 Å². The normalized spacial score (nSPS) is 10.0. The topological polar surface area (TPSA) is 57.4 Å². The highest BCUT2D eigenvalue weighted by Gasteiger charge is 2.08. The molecule has 0 saturated carbocycles. The predicted molar refractivity (Wildman–Crippen MR) is 61.7 cm³/mol. The van der Waals surface area contributed by atoms with Crippen molar-refractivity contribution in [1.29, 1.82) is 0 Å². The highest BCUT2D eigenvalue weighted by Crippen LogP contribution is 2.31. The van der Waals surface area contributed by atoms with Gasteiger partial charge in [-0.05, 0) is 24.3 Å². The van der Waals surface area contributed by atoms with Crippen LogP contribution >= 0.6 is 0 Å². The highest BCUT2D eigenvalue weighted by molar-refractivity contribution is 5.54. The lowest BCUT2D eigenvalue weighted by Gasteiger charge is -2.10. The first kappa shape index (κ1) is 11.2. The van der Waals surface area contributed by atoms with Crippen molar-refractivity contribution in [3.8, 4) is 17.4 Å². The van der Waals surface area contributed by atoms with E-state index in [-0.39, 0.29) is 11.6 Å². The summed E-state index contributed by atoms with van der Waals surface area (Å²) in [7, 11) is 1.51. The highest BCUT2D eigenvalue weighted by atomic mass is 19.1. The molecule has 0 aliphatic rings. The third kappa shape index (κ3) is 2.44. The molecule has 4 nitrogen and oxygen atoms in total. The molecule has 0 saturated heterocycles. The lowest BCUT2D eigenvalue weighted by molar-refractivity contribution is 0.370. The van der Waals surface area contributed by atoms with Crippen molar-refractivity contribution >= 4 is 5.69 Å². The molecule has 0 amide bonds. The number of rotatable bonds is 3. The van der Waals surface area contributed by atoms with Gasteiger partial charge in [-0.2, -0.15) is 0 Å². The number of nitrogen functional groups attached to an aromatic ring is 1. The van der Waals surface area contributed by atoms with E-state index in [4.69, 9.17) is 15.2 Å². The maximum Gasteiger partial charge on any atom is 0.262 e. The fourth-order valence-corrected chi connectivity index (χ4v) is 1.32. The molecule has 88 valence electrons. The Hall–Kier alpha value is -2.30. The van der Waals surface area contributed by atoms with E-state index in [1.807, 2.05) is 0 Å². The molecule has 1 aromatic carbocycles. The fraction of sp³-hybridized carbons (Fsp3) is 0.0833. The molecule has 0 aliphatic heterocycles. The van der Waals surface area contributed by atoms with Crippen LogP contribution in [0.1, 0.15) is 0 Å². The summed E-state index contributed by atoms with van der Waals surface area (Å²) in [5.41, 5.74) is 5.83. The molecule has 2 aromatic rings. The number of nitrogens with two attached hydrogens (primary N) is 1. The van der Waals surface area contributed by atoms with E-state index in [1.54, 1.807) is 18.3 Å². The standard InChI is InChI=1S/C12H11FN2O2/c1-16-11-3-2-6-15-12(11)17-10-5-4-8(13)7-9(10)14/h2-7H,14H2,1H3. The maximum absolute atomic E-state index is 12.9. The monoisotopic (exact) mass is 234 g/mol. The van der Waals surface area contributed by atoms with Gasteiger partial charge in [0.2, 0.25) is 0 Å². The number of pyridine rings is 1. The van der Waals surface area contributed by atoms with Gasteiger partial charge in [0.15, 0.2) is 11.5 Å². The molecule has 5 heteroatoms. The van der Waals surface area contributed by atoms with Crippen molar-refractivity contribution in [3.63, 3.8) is 0 Å². The van der Waals surface area contributed by atoms with Gasteiger partial charge in [0, 0.05) is 12.3 Å². The lowest BCUT2D eigenvalue weighted by Crippen LogP contribution is -1.96.